The van der Waals surface area contributed by atoms with Gasteiger partial charge in [-0.25, -0.2) is 0 Å². The van der Waals surface area contributed by atoms with Gasteiger partial charge in [-0.05, 0) is 24.1 Å². The molecule has 0 spiro atoms. The van der Waals surface area contributed by atoms with Crippen molar-refractivity contribution in [3.05, 3.63) is 35.4 Å². The molecule has 118 valence electrons. The molecule has 0 heterocycles. The van der Waals surface area contributed by atoms with E-state index >= 15 is 0 Å². The largest absolute Gasteiger partial charge is 0.468 e. The van der Waals surface area contributed by atoms with E-state index in [9.17, 15) is 18.0 Å². The second kappa shape index (κ2) is 8.02. The van der Waals surface area contributed by atoms with Crippen LogP contribution >= 0.6 is 0 Å². The predicted octanol–water partition coefficient (Wildman–Crippen LogP) is 3.53. The second-order valence-corrected chi connectivity index (χ2v) is 4.79. The van der Waals surface area contributed by atoms with E-state index in [1.807, 2.05) is 6.92 Å². The Morgan fingerprint density at radius 3 is 2.38 bits per heavy atom. The maximum Gasteiger partial charge on any atom is 0.416 e. The number of hydrogen-bond donors (Lipinski definition) is 1. The van der Waals surface area contributed by atoms with Gasteiger partial charge in [-0.3, -0.25) is 4.79 Å². The van der Waals surface area contributed by atoms with Gasteiger partial charge in [0.25, 0.3) is 0 Å². The Bertz CT molecular complexity index is 443. The molecule has 1 unspecified atom stereocenters. The lowest BCUT2D eigenvalue weighted by molar-refractivity contribution is -0.143. The summed E-state index contributed by atoms with van der Waals surface area (Å²) in [6.45, 7) is 2.34. The van der Waals surface area contributed by atoms with Gasteiger partial charge < -0.3 is 10.1 Å². The van der Waals surface area contributed by atoms with E-state index in [4.69, 9.17) is 4.74 Å². The van der Waals surface area contributed by atoms with Gasteiger partial charge in [-0.2, -0.15) is 13.2 Å². The standard InChI is InChI=1S/C15H20F3NO2/c1-3-4-5-13(14(20)21-2)19-10-11-6-8-12(9-7-11)15(16,17)18/h6-9,13,19H,3-5,10H2,1-2H3. The first-order chi connectivity index (χ1) is 9.88. The van der Waals surface area contributed by atoms with Gasteiger partial charge in [-0.15, -0.1) is 0 Å². The molecule has 6 heteroatoms. The highest BCUT2D eigenvalue weighted by Gasteiger charge is 2.29. The summed E-state index contributed by atoms with van der Waals surface area (Å²) in [7, 11) is 1.32. The predicted molar refractivity (Wildman–Crippen MR) is 73.6 cm³/mol. The molecular formula is C15H20F3NO2. The highest BCUT2D eigenvalue weighted by atomic mass is 19.4. The van der Waals surface area contributed by atoms with E-state index in [0.29, 0.717) is 18.5 Å². The van der Waals surface area contributed by atoms with E-state index in [1.54, 1.807) is 0 Å². The molecule has 21 heavy (non-hydrogen) atoms. The summed E-state index contributed by atoms with van der Waals surface area (Å²) < 4.78 is 42.1. The van der Waals surface area contributed by atoms with Crippen LogP contribution in [0.4, 0.5) is 13.2 Å². The number of hydrogen-bond acceptors (Lipinski definition) is 3. The Kier molecular flexibility index (Phi) is 6.68. The number of esters is 1. The van der Waals surface area contributed by atoms with Gasteiger partial charge in [0.05, 0.1) is 12.7 Å². The van der Waals surface area contributed by atoms with Crippen LogP contribution in [0, 0.1) is 0 Å². The molecule has 0 amide bonds. The number of carbonyl (C=O) groups is 1. The first-order valence-corrected chi connectivity index (χ1v) is 6.85. The van der Waals surface area contributed by atoms with E-state index in [-0.39, 0.29) is 5.97 Å². The molecule has 1 aromatic rings. The lowest BCUT2D eigenvalue weighted by Crippen LogP contribution is -2.37. The number of nitrogens with one attached hydrogen (secondary N) is 1. The van der Waals surface area contributed by atoms with E-state index in [2.05, 4.69) is 5.32 Å². The molecule has 0 saturated heterocycles. The molecular weight excluding hydrogens is 283 g/mol. The number of methoxy groups -OCH3 is 1. The van der Waals surface area contributed by atoms with E-state index in [0.717, 1.165) is 25.0 Å². The van der Waals surface area contributed by atoms with Gasteiger partial charge in [0.2, 0.25) is 0 Å². The lowest BCUT2D eigenvalue weighted by atomic mass is 10.1. The first kappa shape index (κ1) is 17.5. The zero-order valence-corrected chi connectivity index (χ0v) is 12.2. The Morgan fingerprint density at radius 1 is 1.29 bits per heavy atom. The van der Waals surface area contributed by atoms with E-state index in [1.165, 1.54) is 19.2 Å². The number of rotatable bonds is 7. The number of carbonyl (C=O) groups excluding carboxylic acids is 1. The molecule has 1 aromatic carbocycles. The molecule has 1 rings (SSSR count). The monoisotopic (exact) mass is 303 g/mol. The van der Waals surface area contributed by atoms with Crippen LogP contribution < -0.4 is 5.32 Å². The molecule has 0 saturated carbocycles. The number of benzene rings is 1. The van der Waals surface area contributed by atoms with Gasteiger partial charge in [-0.1, -0.05) is 31.9 Å². The highest BCUT2D eigenvalue weighted by Crippen LogP contribution is 2.29. The summed E-state index contributed by atoms with van der Waals surface area (Å²) in [4.78, 5) is 11.6. The fourth-order valence-corrected chi connectivity index (χ4v) is 1.91. The van der Waals surface area contributed by atoms with Crippen molar-refractivity contribution in [2.75, 3.05) is 7.11 Å². The molecule has 0 aliphatic heterocycles. The molecule has 0 aliphatic carbocycles. The Morgan fingerprint density at radius 2 is 1.90 bits per heavy atom. The van der Waals surface area contributed by atoms with Crippen LogP contribution in [0.15, 0.2) is 24.3 Å². The third kappa shape index (κ3) is 5.75. The van der Waals surface area contributed by atoms with Crippen molar-refractivity contribution >= 4 is 5.97 Å². The fraction of sp³-hybridized carbons (Fsp3) is 0.533. The molecule has 0 aromatic heterocycles. The molecule has 0 bridgehead atoms. The van der Waals surface area contributed by atoms with Crippen molar-refractivity contribution in [1.82, 2.24) is 5.32 Å². The number of unbranched alkanes of at least 4 members (excludes halogenated alkanes) is 1. The minimum atomic E-state index is -4.33. The summed E-state index contributed by atoms with van der Waals surface area (Å²) >= 11 is 0. The summed E-state index contributed by atoms with van der Waals surface area (Å²) in [5.41, 5.74) is 0.00940. The van der Waals surface area contributed by atoms with Gasteiger partial charge in [0.1, 0.15) is 6.04 Å². The third-order valence-corrected chi connectivity index (χ3v) is 3.17. The molecule has 0 fully saturated rings. The van der Waals surface area contributed by atoms with Crippen LogP contribution in [0.25, 0.3) is 0 Å². The minimum Gasteiger partial charge on any atom is -0.468 e. The third-order valence-electron chi connectivity index (χ3n) is 3.17. The molecule has 1 atom stereocenters. The van der Waals surface area contributed by atoms with Crippen LogP contribution in [0.3, 0.4) is 0 Å². The normalized spacial score (nSPS) is 13.0. The van der Waals surface area contributed by atoms with Crippen molar-refractivity contribution in [3.8, 4) is 0 Å². The topological polar surface area (TPSA) is 38.3 Å². The van der Waals surface area contributed by atoms with Crippen molar-refractivity contribution in [3.63, 3.8) is 0 Å². The maximum absolute atomic E-state index is 12.4. The molecule has 0 radical (unpaired) electrons. The summed E-state index contributed by atoms with van der Waals surface area (Å²) in [6.07, 6.45) is -1.86. The Labute approximate surface area is 122 Å². The van der Waals surface area contributed by atoms with Crippen molar-refractivity contribution < 1.29 is 22.7 Å². The van der Waals surface area contributed by atoms with Crippen molar-refractivity contribution in [1.29, 1.82) is 0 Å². The lowest BCUT2D eigenvalue weighted by Gasteiger charge is -2.16. The van der Waals surface area contributed by atoms with Crippen molar-refractivity contribution in [2.24, 2.45) is 0 Å². The molecule has 1 N–H and O–H groups in total. The van der Waals surface area contributed by atoms with Crippen LogP contribution in [0.2, 0.25) is 0 Å². The number of alkyl halides is 3. The Hall–Kier alpha value is -1.56. The molecule has 0 aliphatic rings. The summed E-state index contributed by atoms with van der Waals surface area (Å²) in [5, 5.41) is 3.02. The quantitative estimate of drug-likeness (QED) is 0.783. The second-order valence-electron chi connectivity index (χ2n) is 4.79. The number of halogens is 3. The minimum absolute atomic E-state index is 0.321. The van der Waals surface area contributed by atoms with Crippen LogP contribution in [-0.2, 0) is 22.3 Å². The van der Waals surface area contributed by atoms with Gasteiger partial charge in [0.15, 0.2) is 0 Å². The van der Waals surface area contributed by atoms with E-state index < -0.39 is 17.8 Å². The van der Waals surface area contributed by atoms with Crippen molar-refractivity contribution in [2.45, 2.75) is 44.9 Å². The molecule has 3 nitrogen and oxygen atoms in total. The zero-order chi connectivity index (χ0) is 15.9. The van der Waals surface area contributed by atoms with Crippen LogP contribution in [0.5, 0.6) is 0 Å². The SMILES string of the molecule is CCCCC(NCc1ccc(C(F)(F)F)cc1)C(=O)OC. The average molecular weight is 303 g/mol. The number of ether oxygens (including phenoxy) is 1. The fourth-order valence-electron chi connectivity index (χ4n) is 1.91. The smallest absolute Gasteiger partial charge is 0.416 e. The van der Waals surface area contributed by atoms with Crippen LogP contribution in [-0.4, -0.2) is 19.1 Å². The zero-order valence-electron chi connectivity index (χ0n) is 12.2. The maximum atomic E-state index is 12.4. The highest BCUT2D eigenvalue weighted by molar-refractivity contribution is 5.75. The summed E-state index contributed by atoms with van der Waals surface area (Å²) in [6, 6.07) is 4.46. The summed E-state index contributed by atoms with van der Waals surface area (Å²) in [5.74, 6) is -0.352. The first-order valence-electron chi connectivity index (χ1n) is 6.85. The van der Waals surface area contributed by atoms with Gasteiger partial charge >= 0.3 is 12.1 Å². The van der Waals surface area contributed by atoms with Gasteiger partial charge in [0, 0.05) is 6.54 Å². The average Bonchev–Trinajstić information content (AvgIpc) is 2.46. The van der Waals surface area contributed by atoms with Crippen LogP contribution in [0.1, 0.15) is 37.3 Å². The Balaban J connectivity index is 2.61.